The Bertz CT molecular complexity index is 1160. The molecule has 0 unspecified atom stereocenters. The Morgan fingerprint density at radius 2 is 1.67 bits per heavy atom. The maximum absolute atomic E-state index is 13.0. The van der Waals surface area contributed by atoms with Gasteiger partial charge in [0, 0.05) is 19.8 Å². The van der Waals surface area contributed by atoms with Gasteiger partial charge in [-0.2, -0.15) is 0 Å². The van der Waals surface area contributed by atoms with E-state index in [1.807, 2.05) is 94.4 Å². The lowest BCUT2D eigenvalue weighted by molar-refractivity contribution is 0.277. The Morgan fingerprint density at radius 1 is 1.03 bits per heavy atom. The van der Waals surface area contributed by atoms with Crippen molar-refractivity contribution in [2.24, 2.45) is 17.3 Å². The van der Waals surface area contributed by atoms with Crippen molar-refractivity contribution in [2.75, 3.05) is 19.1 Å². The number of hydrogen-bond acceptors (Lipinski definition) is 5. The number of anilines is 1. The summed E-state index contributed by atoms with van der Waals surface area (Å²) in [6.07, 6.45) is 0. The maximum atomic E-state index is 13.0. The van der Waals surface area contributed by atoms with Gasteiger partial charge in [-0.3, -0.25) is 9.48 Å². The fourth-order valence-corrected chi connectivity index (χ4v) is 3.41. The molecule has 1 heterocycles. The van der Waals surface area contributed by atoms with E-state index < -0.39 is 0 Å². The van der Waals surface area contributed by atoms with Crippen LogP contribution in [0.4, 0.5) is 11.4 Å². The predicted molar refractivity (Wildman–Crippen MR) is 120 cm³/mol. The molecule has 0 aliphatic carbocycles. The normalized spacial score (nSPS) is 12.2. The zero-order valence-electron chi connectivity index (χ0n) is 18.2. The van der Waals surface area contributed by atoms with E-state index in [0.717, 1.165) is 22.6 Å². The Balaban J connectivity index is 2.00. The van der Waals surface area contributed by atoms with E-state index in [9.17, 15) is 4.79 Å². The monoisotopic (exact) mass is 405 g/mol. The number of hydrogen-bond donors (Lipinski definition) is 0. The third kappa shape index (κ3) is 3.91. The number of nitrogens with zero attached hydrogens (tertiary/aromatic N) is 5. The molecular formula is C23H27N5O2. The van der Waals surface area contributed by atoms with E-state index in [0.29, 0.717) is 17.3 Å². The second-order valence-electron chi connectivity index (χ2n) is 7.05. The number of allylic oxidation sites excluding steroid dienone is 1. The molecule has 0 bridgehead atoms. The molecule has 3 aromatic rings. The molecule has 0 atom stereocenters. The van der Waals surface area contributed by atoms with Gasteiger partial charge in [-0.05, 0) is 44.5 Å². The summed E-state index contributed by atoms with van der Waals surface area (Å²) >= 11 is 0. The van der Waals surface area contributed by atoms with Gasteiger partial charge in [0.1, 0.15) is 5.70 Å². The van der Waals surface area contributed by atoms with Gasteiger partial charge < -0.3 is 9.64 Å². The summed E-state index contributed by atoms with van der Waals surface area (Å²) in [4.78, 5) is 14.9. The minimum atomic E-state index is -0.219. The number of ether oxygens (including phenoxy) is 1. The first-order valence-electron chi connectivity index (χ1n) is 9.66. The van der Waals surface area contributed by atoms with E-state index in [2.05, 4.69) is 10.2 Å². The third-order valence-corrected chi connectivity index (χ3v) is 5.11. The summed E-state index contributed by atoms with van der Waals surface area (Å²) in [6.45, 7) is 5.70. The molecule has 0 saturated heterocycles. The lowest BCUT2D eigenvalue weighted by Crippen LogP contribution is -2.20. The number of para-hydroxylation sites is 2. The zero-order valence-corrected chi connectivity index (χ0v) is 18.2. The number of azo groups is 1. The van der Waals surface area contributed by atoms with Crippen molar-refractivity contribution in [1.82, 2.24) is 9.36 Å². The minimum absolute atomic E-state index is 0.219. The van der Waals surface area contributed by atoms with Crippen LogP contribution in [0.2, 0.25) is 0 Å². The molecule has 1 aromatic heterocycles. The summed E-state index contributed by atoms with van der Waals surface area (Å²) in [5, 5.41) is 8.61. The molecule has 30 heavy (non-hydrogen) atoms. The van der Waals surface area contributed by atoms with Crippen LogP contribution in [-0.2, 0) is 11.8 Å². The van der Waals surface area contributed by atoms with Gasteiger partial charge in [-0.15, -0.1) is 10.2 Å². The summed E-state index contributed by atoms with van der Waals surface area (Å²) in [5.74, 6) is 0.560. The van der Waals surface area contributed by atoms with Gasteiger partial charge in [0.15, 0.2) is 5.69 Å². The van der Waals surface area contributed by atoms with Crippen molar-refractivity contribution < 1.29 is 4.74 Å². The zero-order chi connectivity index (χ0) is 21.8. The van der Waals surface area contributed by atoms with Crippen LogP contribution < -0.4 is 10.5 Å². The molecule has 0 N–H and O–H groups in total. The van der Waals surface area contributed by atoms with Gasteiger partial charge in [0.05, 0.1) is 18.5 Å². The molecular weight excluding hydrogens is 378 g/mol. The molecule has 156 valence electrons. The van der Waals surface area contributed by atoms with Crippen LogP contribution in [0.25, 0.3) is 5.69 Å². The standard InChI is InChI=1S/C23H27N5O2/c1-16-12-10-11-15-20(16)26(4)23(30-6)17(2)24-25-21-18(3)27(5)28(22(21)29)19-13-8-7-9-14-19/h7-15H,1-6H3/b23-17-,25-24?. The average molecular weight is 406 g/mol. The van der Waals surface area contributed by atoms with Gasteiger partial charge in [-0.25, -0.2) is 4.68 Å². The molecule has 2 aromatic carbocycles. The van der Waals surface area contributed by atoms with E-state index in [1.54, 1.807) is 16.5 Å². The number of rotatable bonds is 6. The van der Waals surface area contributed by atoms with Gasteiger partial charge >= 0.3 is 0 Å². The average Bonchev–Trinajstić information content (AvgIpc) is 2.96. The highest BCUT2D eigenvalue weighted by Gasteiger charge is 2.17. The summed E-state index contributed by atoms with van der Waals surface area (Å²) in [7, 11) is 5.34. The van der Waals surface area contributed by atoms with Crippen LogP contribution in [0.15, 0.2) is 81.2 Å². The van der Waals surface area contributed by atoms with Crippen molar-refractivity contribution in [3.8, 4) is 5.69 Å². The van der Waals surface area contributed by atoms with E-state index in [4.69, 9.17) is 4.74 Å². The van der Waals surface area contributed by atoms with Crippen LogP contribution in [0.3, 0.4) is 0 Å². The van der Waals surface area contributed by atoms with E-state index in [-0.39, 0.29) is 5.56 Å². The minimum Gasteiger partial charge on any atom is -0.481 e. The van der Waals surface area contributed by atoms with Crippen molar-refractivity contribution in [1.29, 1.82) is 0 Å². The maximum Gasteiger partial charge on any atom is 0.299 e. The number of methoxy groups -OCH3 is 1. The Hall–Kier alpha value is -3.61. The highest BCUT2D eigenvalue weighted by molar-refractivity contribution is 5.56. The SMILES string of the molecule is CO/C(=C(/C)N=Nc1c(C)n(C)n(-c2ccccc2)c1=O)N(C)c1ccccc1C. The number of aryl methyl sites for hydroxylation is 1. The van der Waals surface area contributed by atoms with Crippen molar-refractivity contribution in [3.05, 3.63) is 87.8 Å². The van der Waals surface area contributed by atoms with Crippen LogP contribution in [0, 0.1) is 13.8 Å². The Labute approximate surface area is 176 Å². The fraction of sp³-hybridized carbons (Fsp3) is 0.261. The number of aromatic nitrogens is 2. The fourth-order valence-electron chi connectivity index (χ4n) is 3.41. The molecule has 0 aliphatic heterocycles. The quantitative estimate of drug-likeness (QED) is 0.435. The van der Waals surface area contributed by atoms with Gasteiger partial charge in [0.2, 0.25) is 5.88 Å². The Kier molecular flexibility index (Phi) is 6.20. The molecule has 0 saturated carbocycles. The van der Waals surface area contributed by atoms with Gasteiger partial charge in [0.25, 0.3) is 5.56 Å². The van der Waals surface area contributed by atoms with Crippen molar-refractivity contribution in [2.45, 2.75) is 20.8 Å². The van der Waals surface area contributed by atoms with Crippen molar-refractivity contribution >= 4 is 11.4 Å². The Morgan fingerprint density at radius 3 is 2.30 bits per heavy atom. The summed E-state index contributed by atoms with van der Waals surface area (Å²) in [6, 6.07) is 17.5. The van der Waals surface area contributed by atoms with E-state index in [1.165, 1.54) is 0 Å². The largest absolute Gasteiger partial charge is 0.481 e. The van der Waals surface area contributed by atoms with Crippen LogP contribution >= 0.6 is 0 Å². The molecule has 7 heteroatoms. The van der Waals surface area contributed by atoms with Gasteiger partial charge in [-0.1, -0.05) is 36.4 Å². The first-order chi connectivity index (χ1) is 14.4. The molecule has 0 spiro atoms. The second kappa shape index (κ2) is 8.82. The first-order valence-corrected chi connectivity index (χ1v) is 9.66. The topological polar surface area (TPSA) is 64.1 Å². The smallest absolute Gasteiger partial charge is 0.299 e. The summed E-state index contributed by atoms with van der Waals surface area (Å²) < 4.78 is 8.96. The number of benzene rings is 2. The molecule has 7 nitrogen and oxygen atoms in total. The highest BCUT2D eigenvalue weighted by Crippen LogP contribution is 2.25. The predicted octanol–water partition coefficient (Wildman–Crippen LogP) is 4.85. The lowest BCUT2D eigenvalue weighted by Gasteiger charge is -2.23. The molecule has 3 rings (SSSR count). The second-order valence-corrected chi connectivity index (χ2v) is 7.05. The van der Waals surface area contributed by atoms with Crippen LogP contribution in [-0.4, -0.2) is 23.5 Å². The van der Waals surface area contributed by atoms with Crippen LogP contribution in [0.5, 0.6) is 0 Å². The van der Waals surface area contributed by atoms with Crippen LogP contribution in [0.1, 0.15) is 18.2 Å². The molecule has 0 fully saturated rings. The summed E-state index contributed by atoms with van der Waals surface area (Å²) in [5.41, 5.74) is 4.27. The van der Waals surface area contributed by atoms with Crippen molar-refractivity contribution in [3.63, 3.8) is 0 Å². The lowest BCUT2D eigenvalue weighted by atomic mass is 10.2. The molecule has 0 radical (unpaired) electrons. The first kappa shape index (κ1) is 21.1. The highest BCUT2D eigenvalue weighted by atomic mass is 16.5. The molecule has 0 amide bonds. The third-order valence-electron chi connectivity index (χ3n) is 5.11. The van der Waals surface area contributed by atoms with E-state index >= 15 is 0 Å². The molecule has 0 aliphatic rings.